The largest absolute Gasteiger partial charge is 0.497 e. The lowest BCUT2D eigenvalue weighted by Crippen LogP contribution is -2.38. The highest BCUT2D eigenvalue weighted by atomic mass is 19.4. The number of nitrogens with zero attached hydrogens (tertiary/aromatic N) is 2. The quantitative estimate of drug-likeness (QED) is 0.716. The monoisotopic (exact) mass is 350 g/mol. The van der Waals surface area contributed by atoms with Crippen molar-refractivity contribution in [2.45, 2.75) is 6.18 Å². The van der Waals surface area contributed by atoms with Crippen molar-refractivity contribution in [2.75, 3.05) is 19.1 Å². The van der Waals surface area contributed by atoms with Crippen molar-refractivity contribution in [1.82, 2.24) is 4.98 Å². The molecule has 0 fully saturated rings. The highest BCUT2D eigenvalue weighted by molar-refractivity contribution is 5.98. The summed E-state index contributed by atoms with van der Waals surface area (Å²) in [6.45, 7) is 0. The smallest absolute Gasteiger partial charge is 0.471 e. The third-order valence-corrected chi connectivity index (χ3v) is 3.62. The summed E-state index contributed by atoms with van der Waals surface area (Å²) in [7, 11) is 2.58. The van der Waals surface area contributed by atoms with Crippen molar-refractivity contribution in [3.05, 3.63) is 42.5 Å². The Labute approximate surface area is 140 Å². The van der Waals surface area contributed by atoms with Crippen LogP contribution in [0.25, 0.3) is 22.6 Å². The van der Waals surface area contributed by atoms with Crippen LogP contribution in [0, 0.1) is 0 Å². The van der Waals surface area contributed by atoms with Gasteiger partial charge in [0.05, 0.1) is 7.11 Å². The van der Waals surface area contributed by atoms with Crippen LogP contribution in [0.3, 0.4) is 0 Å². The van der Waals surface area contributed by atoms with Gasteiger partial charge in [0.1, 0.15) is 11.3 Å². The molecule has 130 valence electrons. The molecular formula is C17H13F3N2O3. The molecule has 0 aliphatic carbocycles. The maximum atomic E-state index is 12.6. The molecule has 3 rings (SSSR count). The van der Waals surface area contributed by atoms with E-state index < -0.39 is 12.1 Å². The second-order valence-corrected chi connectivity index (χ2v) is 5.26. The molecule has 25 heavy (non-hydrogen) atoms. The van der Waals surface area contributed by atoms with Crippen LogP contribution < -0.4 is 9.64 Å². The molecule has 1 amide bonds. The van der Waals surface area contributed by atoms with Gasteiger partial charge in [-0.15, -0.1) is 0 Å². The molecule has 0 N–H and O–H groups in total. The number of ether oxygens (including phenoxy) is 1. The fraction of sp³-hybridized carbons (Fsp3) is 0.176. The molecular weight excluding hydrogens is 337 g/mol. The normalized spacial score (nSPS) is 11.6. The first kappa shape index (κ1) is 16.8. The first-order valence-electron chi connectivity index (χ1n) is 7.19. The number of aromatic nitrogens is 1. The second-order valence-electron chi connectivity index (χ2n) is 5.26. The van der Waals surface area contributed by atoms with Gasteiger partial charge in [-0.25, -0.2) is 4.98 Å². The Morgan fingerprint density at radius 1 is 1.20 bits per heavy atom. The van der Waals surface area contributed by atoms with Crippen molar-refractivity contribution in [1.29, 1.82) is 0 Å². The van der Waals surface area contributed by atoms with E-state index in [9.17, 15) is 18.0 Å². The number of oxazole rings is 1. The van der Waals surface area contributed by atoms with Gasteiger partial charge in [0.2, 0.25) is 5.89 Å². The summed E-state index contributed by atoms with van der Waals surface area (Å²) in [6.07, 6.45) is -4.95. The van der Waals surface area contributed by atoms with Crippen LogP contribution in [-0.4, -0.2) is 31.2 Å². The van der Waals surface area contributed by atoms with E-state index in [2.05, 4.69) is 4.98 Å². The minimum Gasteiger partial charge on any atom is -0.497 e. The van der Waals surface area contributed by atoms with Crippen molar-refractivity contribution in [3.63, 3.8) is 0 Å². The van der Waals surface area contributed by atoms with Crippen molar-refractivity contribution in [2.24, 2.45) is 0 Å². The van der Waals surface area contributed by atoms with Gasteiger partial charge in [-0.2, -0.15) is 13.2 Å². The van der Waals surface area contributed by atoms with Gasteiger partial charge in [-0.3, -0.25) is 4.79 Å². The average molecular weight is 350 g/mol. The molecule has 2 aromatic carbocycles. The van der Waals surface area contributed by atoms with Gasteiger partial charge in [-0.05, 0) is 30.3 Å². The Morgan fingerprint density at radius 2 is 1.96 bits per heavy atom. The zero-order valence-corrected chi connectivity index (χ0v) is 13.3. The second kappa shape index (κ2) is 6.12. The predicted octanol–water partition coefficient (Wildman–Crippen LogP) is 4.03. The van der Waals surface area contributed by atoms with Crippen LogP contribution >= 0.6 is 0 Å². The number of carbonyl (C=O) groups is 1. The minimum absolute atomic E-state index is 0.0585. The number of amides is 1. The van der Waals surface area contributed by atoms with E-state index in [-0.39, 0.29) is 11.3 Å². The molecule has 8 heteroatoms. The fourth-order valence-electron chi connectivity index (χ4n) is 2.31. The molecule has 0 spiro atoms. The van der Waals surface area contributed by atoms with Gasteiger partial charge >= 0.3 is 12.1 Å². The maximum absolute atomic E-state index is 12.6. The lowest BCUT2D eigenvalue weighted by Gasteiger charge is -2.18. The third kappa shape index (κ3) is 3.28. The molecule has 5 nitrogen and oxygen atoms in total. The summed E-state index contributed by atoms with van der Waals surface area (Å²) < 4.78 is 48.4. The minimum atomic E-state index is -4.95. The Kier molecular flexibility index (Phi) is 4.12. The van der Waals surface area contributed by atoms with Crippen LogP contribution in [-0.2, 0) is 4.79 Å². The number of carbonyl (C=O) groups excluding carboxylic acids is 1. The van der Waals surface area contributed by atoms with Crippen molar-refractivity contribution < 1.29 is 27.1 Å². The van der Waals surface area contributed by atoms with E-state index in [1.165, 1.54) is 25.3 Å². The van der Waals surface area contributed by atoms with Crippen LogP contribution in [0.4, 0.5) is 18.9 Å². The number of methoxy groups -OCH3 is 1. The van der Waals surface area contributed by atoms with E-state index in [1.807, 2.05) is 0 Å². The number of benzene rings is 2. The van der Waals surface area contributed by atoms with Gasteiger partial charge in [0.15, 0.2) is 5.58 Å². The maximum Gasteiger partial charge on any atom is 0.471 e. The Hall–Kier alpha value is -3.03. The molecule has 3 aromatic rings. The molecule has 0 saturated carbocycles. The molecule has 0 saturated heterocycles. The van der Waals surface area contributed by atoms with Crippen LogP contribution in [0.2, 0.25) is 0 Å². The Morgan fingerprint density at radius 3 is 2.64 bits per heavy atom. The van der Waals surface area contributed by atoms with Crippen LogP contribution in [0.15, 0.2) is 46.9 Å². The number of fused-ring (bicyclic) bond motifs is 1. The molecule has 0 aliphatic heterocycles. The molecule has 0 bridgehead atoms. The molecule has 1 aromatic heterocycles. The summed E-state index contributed by atoms with van der Waals surface area (Å²) in [4.78, 5) is 16.2. The van der Waals surface area contributed by atoms with Crippen molar-refractivity contribution >= 4 is 22.7 Å². The summed E-state index contributed by atoms with van der Waals surface area (Å²) in [5.41, 5.74) is 1.46. The molecule has 1 heterocycles. The highest BCUT2D eigenvalue weighted by Gasteiger charge is 2.41. The summed E-state index contributed by atoms with van der Waals surface area (Å²) in [6, 6.07) is 11.3. The molecule has 0 unspecified atom stereocenters. The van der Waals surface area contributed by atoms with E-state index in [0.717, 1.165) is 7.05 Å². The predicted molar refractivity (Wildman–Crippen MR) is 85.5 cm³/mol. The summed E-state index contributed by atoms with van der Waals surface area (Å²) in [5.74, 6) is -1.04. The van der Waals surface area contributed by atoms with E-state index >= 15 is 0 Å². The average Bonchev–Trinajstić information content (AvgIpc) is 3.03. The zero-order chi connectivity index (χ0) is 18.2. The summed E-state index contributed by atoms with van der Waals surface area (Å²) >= 11 is 0. The number of halogens is 3. The van der Waals surface area contributed by atoms with E-state index in [4.69, 9.17) is 9.15 Å². The topological polar surface area (TPSA) is 55.6 Å². The number of hydrogen-bond donors (Lipinski definition) is 0. The van der Waals surface area contributed by atoms with Gasteiger partial charge in [-0.1, -0.05) is 6.07 Å². The molecule has 0 radical (unpaired) electrons. The fourth-order valence-corrected chi connectivity index (χ4v) is 2.31. The van der Waals surface area contributed by atoms with Crippen molar-refractivity contribution in [3.8, 4) is 17.2 Å². The zero-order valence-electron chi connectivity index (χ0n) is 13.3. The number of rotatable bonds is 3. The number of hydrogen-bond acceptors (Lipinski definition) is 4. The first-order valence-corrected chi connectivity index (χ1v) is 7.19. The van der Waals surface area contributed by atoms with Gasteiger partial charge in [0, 0.05) is 24.4 Å². The molecule has 0 atom stereocenters. The van der Waals surface area contributed by atoms with Crippen LogP contribution in [0.5, 0.6) is 5.75 Å². The lowest BCUT2D eigenvalue weighted by atomic mass is 10.2. The Bertz CT molecular complexity index is 934. The van der Waals surface area contributed by atoms with Gasteiger partial charge in [0.25, 0.3) is 0 Å². The number of alkyl halides is 3. The van der Waals surface area contributed by atoms with E-state index in [0.29, 0.717) is 27.6 Å². The standard InChI is InChI=1S/C17H13F3N2O3/c1-22(16(23)17(18,19)20)11-6-7-13-14(9-11)25-15(21-13)10-4-3-5-12(8-10)24-2/h3-9H,1-2H3. The highest BCUT2D eigenvalue weighted by Crippen LogP contribution is 2.30. The molecule has 0 aliphatic rings. The van der Waals surface area contributed by atoms with Crippen LogP contribution in [0.1, 0.15) is 0 Å². The lowest BCUT2D eigenvalue weighted by molar-refractivity contribution is -0.170. The SMILES string of the molecule is COc1cccc(-c2nc3ccc(N(C)C(=O)C(F)(F)F)cc3o2)c1. The van der Waals surface area contributed by atoms with E-state index in [1.54, 1.807) is 24.3 Å². The Balaban J connectivity index is 1.98. The first-order chi connectivity index (χ1) is 11.8. The van der Waals surface area contributed by atoms with Gasteiger partial charge < -0.3 is 14.1 Å². The third-order valence-electron chi connectivity index (χ3n) is 3.62. The summed E-state index contributed by atoms with van der Waals surface area (Å²) in [5, 5.41) is 0. The number of anilines is 1.